The third kappa shape index (κ3) is 4.51. The van der Waals surface area contributed by atoms with Crippen molar-refractivity contribution in [1.29, 1.82) is 0 Å². The van der Waals surface area contributed by atoms with Crippen molar-refractivity contribution in [2.75, 3.05) is 5.32 Å². The topological polar surface area (TPSA) is 73.1 Å². The maximum atomic E-state index is 13.2. The minimum atomic E-state index is -0.613. The van der Waals surface area contributed by atoms with Crippen molar-refractivity contribution in [1.82, 2.24) is 9.13 Å². The first-order valence-corrected chi connectivity index (χ1v) is 8.41. The van der Waals surface area contributed by atoms with E-state index in [1.165, 1.54) is 29.0 Å². The van der Waals surface area contributed by atoms with Crippen LogP contribution in [0, 0.1) is 5.82 Å². The van der Waals surface area contributed by atoms with Crippen molar-refractivity contribution >= 4 is 23.2 Å². The van der Waals surface area contributed by atoms with Crippen LogP contribution in [0.4, 0.5) is 10.1 Å². The van der Waals surface area contributed by atoms with E-state index in [0.29, 0.717) is 0 Å². The van der Waals surface area contributed by atoms with Gasteiger partial charge in [0.05, 0.1) is 11.6 Å². The maximum Gasteiger partial charge on any atom is 0.331 e. The fourth-order valence-corrected chi connectivity index (χ4v) is 2.70. The second-order valence-electron chi connectivity index (χ2n) is 5.81. The third-order valence-corrected chi connectivity index (χ3v) is 4.13. The molecule has 0 aliphatic carbocycles. The standard InChI is InChI=1S/C19H15ClFN3O3/c20-15-10-14(6-7-16(15)21)22-17(25)12-24-18(26)8-9-23(19(24)27)11-13-4-2-1-3-5-13/h1-10H,11-12H2,(H,22,25). The number of benzene rings is 2. The predicted molar refractivity (Wildman–Crippen MR) is 101 cm³/mol. The second-order valence-corrected chi connectivity index (χ2v) is 6.22. The largest absolute Gasteiger partial charge is 0.331 e. The van der Waals surface area contributed by atoms with Gasteiger partial charge >= 0.3 is 5.69 Å². The molecule has 8 heteroatoms. The Hall–Kier alpha value is -3.19. The van der Waals surface area contributed by atoms with Gasteiger partial charge in [0.1, 0.15) is 12.4 Å². The van der Waals surface area contributed by atoms with Crippen LogP contribution >= 0.6 is 11.6 Å². The number of carbonyl (C=O) groups is 1. The van der Waals surface area contributed by atoms with Gasteiger partial charge in [-0.25, -0.2) is 9.18 Å². The van der Waals surface area contributed by atoms with Gasteiger partial charge < -0.3 is 5.32 Å². The highest BCUT2D eigenvalue weighted by molar-refractivity contribution is 6.31. The van der Waals surface area contributed by atoms with Gasteiger partial charge in [0.15, 0.2) is 0 Å². The number of anilines is 1. The Labute approximate surface area is 158 Å². The molecule has 1 amide bonds. The van der Waals surface area contributed by atoms with E-state index in [4.69, 9.17) is 11.6 Å². The minimum absolute atomic E-state index is 0.144. The van der Waals surface area contributed by atoms with E-state index in [9.17, 15) is 18.8 Å². The molecule has 0 aliphatic rings. The van der Waals surface area contributed by atoms with E-state index < -0.39 is 29.5 Å². The summed E-state index contributed by atoms with van der Waals surface area (Å²) < 4.78 is 15.4. The molecule has 3 aromatic rings. The van der Waals surface area contributed by atoms with E-state index in [1.807, 2.05) is 30.3 Å². The van der Waals surface area contributed by atoms with Crippen LogP contribution in [0.3, 0.4) is 0 Å². The Morgan fingerprint density at radius 3 is 2.52 bits per heavy atom. The molecule has 0 fully saturated rings. The lowest BCUT2D eigenvalue weighted by Crippen LogP contribution is -2.41. The zero-order chi connectivity index (χ0) is 19.4. The lowest BCUT2D eigenvalue weighted by Gasteiger charge is -2.10. The van der Waals surface area contributed by atoms with Crippen LogP contribution in [0.5, 0.6) is 0 Å². The molecule has 0 atom stereocenters. The zero-order valence-corrected chi connectivity index (χ0v) is 14.8. The van der Waals surface area contributed by atoms with Crippen molar-refractivity contribution in [3.63, 3.8) is 0 Å². The van der Waals surface area contributed by atoms with Crippen molar-refractivity contribution in [3.8, 4) is 0 Å². The van der Waals surface area contributed by atoms with Crippen LogP contribution in [-0.2, 0) is 17.9 Å². The number of halogens is 2. The number of aromatic nitrogens is 2. The minimum Gasteiger partial charge on any atom is -0.324 e. The fraction of sp³-hybridized carbons (Fsp3) is 0.105. The Balaban J connectivity index is 1.80. The molecule has 27 heavy (non-hydrogen) atoms. The molecule has 0 bridgehead atoms. The van der Waals surface area contributed by atoms with Crippen molar-refractivity contribution in [2.24, 2.45) is 0 Å². The van der Waals surface area contributed by atoms with Gasteiger partial charge in [0, 0.05) is 18.0 Å². The first kappa shape index (κ1) is 18.6. The molecule has 1 aromatic heterocycles. The smallest absolute Gasteiger partial charge is 0.324 e. The molecule has 0 aliphatic heterocycles. The number of nitrogens with one attached hydrogen (secondary N) is 1. The Kier molecular flexibility index (Phi) is 5.52. The molecule has 3 rings (SSSR count). The van der Waals surface area contributed by atoms with E-state index >= 15 is 0 Å². The van der Waals surface area contributed by atoms with Crippen LogP contribution in [0.2, 0.25) is 5.02 Å². The van der Waals surface area contributed by atoms with Crippen LogP contribution in [0.15, 0.2) is 70.4 Å². The van der Waals surface area contributed by atoms with Crippen molar-refractivity contribution in [2.45, 2.75) is 13.1 Å². The van der Waals surface area contributed by atoms with E-state index in [2.05, 4.69) is 5.32 Å². The number of hydrogen-bond acceptors (Lipinski definition) is 3. The van der Waals surface area contributed by atoms with E-state index in [0.717, 1.165) is 16.2 Å². The maximum absolute atomic E-state index is 13.2. The van der Waals surface area contributed by atoms with Crippen molar-refractivity contribution < 1.29 is 9.18 Å². The van der Waals surface area contributed by atoms with E-state index in [-0.39, 0.29) is 17.3 Å². The summed E-state index contributed by atoms with van der Waals surface area (Å²) in [5, 5.41) is 2.34. The summed E-state index contributed by atoms with van der Waals surface area (Å²) in [4.78, 5) is 36.8. The van der Waals surface area contributed by atoms with Gasteiger partial charge in [-0.05, 0) is 23.8 Å². The SMILES string of the molecule is O=C(Cn1c(=O)ccn(Cc2ccccc2)c1=O)Nc1ccc(F)c(Cl)c1. The highest BCUT2D eigenvalue weighted by Crippen LogP contribution is 2.19. The Morgan fingerprint density at radius 2 is 1.81 bits per heavy atom. The number of amides is 1. The van der Waals surface area contributed by atoms with Gasteiger partial charge in [-0.15, -0.1) is 0 Å². The summed E-state index contributed by atoms with van der Waals surface area (Å²) in [5.41, 5.74) is -0.0366. The molecule has 0 saturated carbocycles. The third-order valence-electron chi connectivity index (χ3n) is 3.84. The van der Waals surface area contributed by atoms with Gasteiger partial charge in [-0.2, -0.15) is 0 Å². The molecule has 1 heterocycles. The fourth-order valence-electron chi connectivity index (χ4n) is 2.52. The molecule has 138 valence electrons. The van der Waals surface area contributed by atoms with Crippen LogP contribution in [-0.4, -0.2) is 15.0 Å². The summed E-state index contributed by atoms with van der Waals surface area (Å²) in [6.07, 6.45) is 1.39. The normalized spacial score (nSPS) is 10.6. The highest BCUT2D eigenvalue weighted by Gasteiger charge is 2.11. The van der Waals surface area contributed by atoms with Gasteiger partial charge in [-0.3, -0.25) is 18.7 Å². The average Bonchev–Trinajstić information content (AvgIpc) is 2.65. The van der Waals surface area contributed by atoms with Gasteiger partial charge in [0.25, 0.3) is 5.56 Å². The monoisotopic (exact) mass is 387 g/mol. The number of hydrogen-bond donors (Lipinski definition) is 1. The molecular weight excluding hydrogens is 373 g/mol. The lowest BCUT2D eigenvalue weighted by molar-refractivity contribution is -0.116. The first-order valence-electron chi connectivity index (χ1n) is 8.03. The highest BCUT2D eigenvalue weighted by atomic mass is 35.5. The summed E-state index contributed by atoms with van der Waals surface area (Å²) >= 11 is 5.67. The molecule has 6 nitrogen and oxygen atoms in total. The summed E-state index contributed by atoms with van der Waals surface area (Å²) in [7, 11) is 0. The lowest BCUT2D eigenvalue weighted by atomic mass is 10.2. The summed E-state index contributed by atoms with van der Waals surface area (Å²) in [6.45, 7) is -0.197. The molecule has 1 N–H and O–H groups in total. The number of rotatable bonds is 5. The molecular formula is C19H15ClFN3O3. The predicted octanol–water partition coefficient (Wildman–Crippen LogP) is 2.49. The zero-order valence-electron chi connectivity index (χ0n) is 14.1. The van der Waals surface area contributed by atoms with Gasteiger partial charge in [0.2, 0.25) is 5.91 Å². The quantitative estimate of drug-likeness (QED) is 0.731. The Morgan fingerprint density at radius 1 is 1.07 bits per heavy atom. The van der Waals surface area contributed by atoms with Crippen molar-refractivity contribution in [3.05, 3.63) is 98.0 Å². The average molecular weight is 388 g/mol. The number of carbonyl (C=O) groups excluding carboxylic acids is 1. The second kappa shape index (κ2) is 8.01. The first-order chi connectivity index (χ1) is 12.9. The van der Waals surface area contributed by atoms with Crippen LogP contribution in [0.1, 0.15) is 5.56 Å². The molecule has 0 spiro atoms. The van der Waals surface area contributed by atoms with Gasteiger partial charge in [-0.1, -0.05) is 41.9 Å². The Bertz CT molecular complexity index is 1090. The summed E-state index contributed by atoms with van der Waals surface area (Å²) in [6, 6.07) is 14.2. The molecule has 0 radical (unpaired) electrons. The molecule has 0 saturated heterocycles. The summed E-state index contributed by atoms with van der Waals surface area (Å²) in [5.74, 6) is -1.22. The number of nitrogens with zero attached hydrogens (tertiary/aromatic N) is 2. The molecule has 2 aromatic carbocycles. The molecule has 0 unspecified atom stereocenters. The van der Waals surface area contributed by atoms with Crippen LogP contribution < -0.4 is 16.6 Å². The van der Waals surface area contributed by atoms with E-state index in [1.54, 1.807) is 0 Å². The van der Waals surface area contributed by atoms with Crippen LogP contribution in [0.25, 0.3) is 0 Å².